The van der Waals surface area contributed by atoms with Crippen molar-refractivity contribution in [3.8, 4) is 0 Å². The lowest BCUT2D eigenvalue weighted by atomic mass is 9.92. The van der Waals surface area contributed by atoms with Crippen molar-refractivity contribution in [2.75, 3.05) is 0 Å². The van der Waals surface area contributed by atoms with Gasteiger partial charge < -0.3 is 16.3 Å². The molecule has 0 aliphatic heterocycles. The predicted octanol–water partition coefficient (Wildman–Crippen LogP) is 2.59. The molecule has 1 aromatic rings. The zero-order valence-corrected chi connectivity index (χ0v) is 12.0. The molecule has 1 fully saturated rings. The van der Waals surface area contributed by atoms with Crippen molar-refractivity contribution in [1.82, 2.24) is 5.32 Å². The van der Waals surface area contributed by atoms with E-state index in [-0.39, 0.29) is 11.4 Å². The zero-order valence-electron chi connectivity index (χ0n) is 12.0. The number of rotatable bonds is 4. The summed E-state index contributed by atoms with van der Waals surface area (Å²) in [5.74, 6) is -0.626. The first-order valence-electron chi connectivity index (χ1n) is 6.91. The molecule has 0 saturated heterocycles. The fourth-order valence-corrected chi connectivity index (χ4v) is 2.83. The maximum absolute atomic E-state index is 14.2. The number of nitrogens with one attached hydrogen (secondary N) is 1. The number of nitrogens with two attached hydrogens (primary N) is 1. The standard InChI is InChI=1S/C15H22FN3O/c1-15(2)7-6-11(8-15)18-9-10-4-3-5-12(13(10)16)14(17)19-20/h3-5,11,18,20H,6-9H2,1-2H3,(H2,17,19). The summed E-state index contributed by atoms with van der Waals surface area (Å²) >= 11 is 0. The summed E-state index contributed by atoms with van der Waals surface area (Å²) in [7, 11) is 0. The van der Waals surface area contributed by atoms with Gasteiger partial charge in [-0.05, 0) is 30.7 Å². The zero-order chi connectivity index (χ0) is 14.8. The number of hydrogen-bond donors (Lipinski definition) is 3. The van der Waals surface area contributed by atoms with E-state index >= 15 is 0 Å². The number of nitrogens with zero attached hydrogens (tertiary/aromatic N) is 1. The summed E-state index contributed by atoms with van der Waals surface area (Å²) in [5.41, 5.74) is 6.50. The smallest absolute Gasteiger partial charge is 0.173 e. The Kier molecular flexibility index (Phi) is 4.28. The van der Waals surface area contributed by atoms with E-state index in [0.717, 1.165) is 12.8 Å². The minimum atomic E-state index is -0.424. The highest BCUT2D eigenvalue weighted by Crippen LogP contribution is 2.37. The van der Waals surface area contributed by atoms with Crippen LogP contribution in [-0.4, -0.2) is 17.1 Å². The molecule has 2 rings (SSSR count). The highest BCUT2D eigenvalue weighted by Gasteiger charge is 2.30. The number of amidine groups is 1. The lowest BCUT2D eigenvalue weighted by Gasteiger charge is -2.18. The van der Waals surface area contributed by atoms with Crippen LogP contribution in [0.25, 0.3) is 0 Å². The fraction of sp³-hybridized carbons (Fsp3) is 0.533. The van der Waals surface area contributed by atoms with Crippen molar-refractivity contribution in [3.05, 3.63) is 35.1 Å². The SMILES string of the molecule is CC1(C)CCC(NCc2cccc(/C(N)=N/O)c2F)C1. The Hall–Kier alpha value is -1.62. The second kappa shape index (κ2) is 5.79. The van der Waals surface area contributed by atoms with Gasteiger partial charge in [-0.2, -0.15) is 0 Å². The van der Waals surface area contributed by atoms with Crippen LogP contribution in [0.4, 0.5) is 4.39 Å². The van der Waals surface area contributed by atoms with E-state index in [4.69, 9.17) is 10.9 Å². The van der Waals surface area contributed by atoms with Gasteiger partial charge in [-0.3, -0.25) is 0 Å². The average molecular weight is 279 g/mol. The maximum Gasteiger partial charge on any atom is 0.173 e. The molecular weight excluding hydrogens is 257 g/mol. The van der Waals surface area contributed by atoms with Gasteiger partial charge in [-0.25, -0.2) is 4.39 Å². The van der Waals surface area contributed by atoms with E-state index in [0.29, 0.717) is 23.6 Å². The van der Waals surface area contributed by atoms with E-state index in [9.17, 15) is 4.39 Å². The van der Waals surface area contributed by atoms with Crippen molar-refractivity contribution in [2.45, 2.75) is 45.7 Å². The summed E-state index contributed by atoms with van der Waals surface area (Å²) < 4.78 is 14.2. The molecule has 0 heterocycles. The summed E-state index contributed by atoms with van der Waals surface area (Å²) in [6.45, 7) is 4.97. The molecule has 0 bridgehead atoms. The van der Waals surface area contributed by atoms with Gasteiger partial charge in [0.15, 0.2) is 5.84 Å². The predicted molar refractivity (Wildman–Crippen MR) is 77.2 cm³/mol. The normalized spacial score (nSPS) is 22.1. The largest absolute Gasteiger partial charge is 0.409 e. The van der Waals surface area contributed by atoms with Gasteiger partial charge in [-0.1, -0.05) is 31.1 Å². The van der Waals surface area contributed by atoms with Crippen LogP contribution in [0.15, 0.2) is 23.4 Å². The second-order valence-electron chi connectivity index (χ2n) is 6.25. The molecule has 20 heavy (non-hydrogen) atoms. The molecule has 0 amide bonds. The highest BCUT2D eigenvalue weighted by atomic mass is 19.1. The van der Waals surface area contributed by atoms with Crippen molar-refractivity contribution in [2.24, 2.45) is 16.3 Å². The molecule has 4 N–H and O–H groups in total. The Morgan fingerprint density at radius 2 is 2.30 bits per heavy atom. The van der Waals surface area contributed by atoms with Crippen LogP contribution in [0, 0.1) is 11.2 Å². The van der Waals surface area contributed by atoms with Crippen molar-refractivity contribution in [1.29, 1.82) is 0 Å². The molecule has 5 heteroatoms. The molecule has 0 spiro atoms. The molecule has 0 radical (unpaired) electrons. The third-order valence-corrected chi connectivity index (χ3v) is 4.01. The van der Waals surface area contributed by atoms with Crippen LogP contribution >= 0.6 is 0 Å². The Balaban J connectivity index is 2.04. The van der Waals surface area contributed by atoms with Gasteiger partial charge in [0.25, 0.3) is 0 Å². The minimum Gasteiger partial charge on any atom is -0.409 e. The van der Waals surface area contributed by atoms with Crippen molar-refractivity contribution < 1.29 is 9.60 Å². The molecule has 1 atom stereocenters. The van der Waals surface area contributed by atoms with Crippen molar-refractivity contribution in [3.63, 3.8) is 0 Å². The van der Waals surface area contributed by atoms with Crippen molar-refractivity contribution >= 4 is 5.84 Å². The molecule has 0 aromatic heterocycles. The van der Waals surface area contributed by atoms with Gasteiger partial charge in [0, 0.05) is 18.2 Å². The Bertz CT molecular complexity index is 514. The van der Waals surface area contributed by atoms with Gasteiger partial charge >= 0.3 is 0 Å². The first-order valence-corrected chi connectivity index (χ1v) is 6.91. The van der Waals surface area contributed by atoms with Gasteiger partial charge in [0.2, 0.25) is 0 Å². The van der Waals surface area contributed by atoms with Crippen LogP contribution < -0.4 is 11.1 Å². The molecule has 110 valence electrons. The number of hydrogen-bond acceptors (Lipinski definition) is 3. The molecule has 1 aliphatic carbocycles. The van der Waals surface area contributed by atoms with Gasteiger partial charge in [0.1, 0.15) is 5.82 Å². The molecule has 1 saturated carbocycles. The first-order chi connectivity index (χ1) is 9.43. The monoisotopic (exact) mass is 279 g/mol. The third kappa shape index (κ3) is 3.28. The van der Waals surface area contributed by atoms with Gasteiger partial charge in [-0.15, -0.1) is 0 Å². The van der Waals surface area contributed by atoms with Gasteiger partial charge in [0.05, 0.1) is 5.56 Å². The highest BCUT2D eigenvalue weighted by molar-refractivity contribution is 5.97. The lowest BCUT2D eigenvalue weighted by molar-refractivity contribution is 0.318. The average Bonchev–Trinajstić information content (AvgIpc) is 2.76. The summed E-state index contributed by atoms with van der Waals surface area (Å²) in [4.78, 5) is 0. The quantitative estimate of drug-likeness (QED) is 0.343. The van der Waals surface area contributed by atoms with E-state index in [2.05, 4.69) is 24.3 Å². The van der Waals surface area contributed by atoms with Crippen LogP contribution in [0.5, 0.6) is 0 Å². The lowest BCUT2D eigenvalue weighted by Crippen LogP contribution is -2.27. The van der Waals surface area contributed by atoms with E-state index in [1.54, 1.807) is 12.1 Å². The molecule has 1 aromatic carbocycles. The maximum atomic E-state index is 14.2. The Labute approximate surface area is 118 Å². The van der Waals surface area contributed by atoms with E-state index < -0.39 is 5.82 Å². The summed E-state index contributed by atoms with van der Waals surface area (Å²) in [5, 5.41) is 14.9. The number of oxime groups is 1. The van der Waals surface area contributed by atoms with E-state index in [1.165, 1.54) is 12.5 Å². The Morgan fingerprint density at radius 1 is 1.55 bits per heavy atom. The molecular formula is C15H22FN3O. The Morgan fingerprint density at radius 3 is 2.90 bits per heavy atom. The van der Waals surface area contributed by atoms with Crippen LogP contribution in [0.1, 0.15) is 44.2 Å². The summed E-state index contributed by atoms with van der Waals surface area (Å²) in [6, 6.07) is 5.37. The van der Waals surface area contributed by atoms with Crippen LogP contribution in [0.3, 0.4) is 0 Å². The second-order valence-corrected chi connectivity index (χ2v) is 6.25. The molecule has 1 aliphatic rings. The minimum absolute atomic E-state index is 0.138. The number of halogens is 1. The molecule has 1 unspecified atom stereocenters. The van der Waals surface area contributed by atoms with Crippen LogP contribution in [-0.2, 0) is 6.54 Å². The summed E-state index contributed by atoms with van der Waals surface area (Å²) in [6.07, 6.45) is 3.42. The molecule has 4 nitrogen and oxygen atoms in total. The topological polar surface area (TPSA) is 70.6 Å². The van der Waals surface area contributed by atoms with E-state index in [1.807, 2.05) is 0 Å². The van der Waals surface area contributed by atoms with Crippen LogP contribution in [0.2, 0.25) is 0 Å². The first kappa shape index (κ1) is 14.8. The third-order valence-electron chi connectivity index (χ3n) is 4.01. The number of benzene rings is 1. The fourth-order valence-electron chi connectivity index (χ4n) is 2.83.